The second-order valence-corrected chi connectivity index (χ2v) is 4.13. The summed E-state index contributed by atoms with van der Waals surface area (Å²) in [5.74, 6) is -0.986. The van der Waals surface area contributed by atoms with E-state index < -0.39 is 5.97 Å². The third-order valence-electron chi connectivity index (χ3n) is 2.41. The lowest BCUT2D eigenvalue weighted by Crippen LogP contribution is -2.15. The molecular formula is C13H26O7. The normalized spacial score (nSPS) is 12.5. The Bertz CT molecular complexity index is 223. The predicted octanol–water partition coefficient (Wildman–Crippen LogP) is 0.298. The van der Waals surface area contributed by atoms with E-state index in [1.807, 2.05) is 6.92 Å². The Hall–Kier alpha value is -0.730. The molecule has 2 N–H and O–H groups in total. The van der Waals surface area contributed by atoms with Crippen molar-refractivity contribution in [3.63, 3.8) is 0 Å². The van der Waals surface area contributed by atoms with E-state index in [1.54, 1.807) is 0 Å². The number of carbonyl (C=O) groups is 1. The Morgan fingerprint density at radius 3 is 1.80 bits per heavy atom. The molecule has 120 valence electrons. The Kier molecular flexibility index (Phi) is 14.1. The molecule has 0 radical (unpaired) electrons. The molecule has 0 aromatic rings. The van der Waals surface area contributed by atoms with Crippen LogP contribution >= 0.6 is 0 Å². The third-order valence-corrected chi connectivity index (χ3v) is 2.41. The van der Waals surface area contributed by atoms with Crippen LogP contribution in [0, 0.1) is 0 Å². The summed E-state index contributed by atoms with van der Waals surface area (Å²) in [6.07, 6.45) is 1.11. The number of hydrogen-bond acceptors (Lipinski definition) is 6. The Labute approximate surface area is 119 Å². The zero-order valence-corrected chi connectivity index (χ0v) is 12.1. The van der Waals surface area contributed by atoms with E-state index in [0.717, 1.165) is 6.42 Å². The van der Waals surface area contributed by atoms with Crippen molar-refractivity contribution in [2.45, 2.75) is 25.9 Å². The molecule has 7 nitrogen and oxygen atoms in total. The van der Waals surface area contributed by atoms with Gasteiger partial charge in [-0.05, 0) is 12.8 Å². The lowest BCUT2D eigenvalue weighted by molar-refractivity contribution is -0.142. The first-order valence-corrected chi connectivity index (χ1v) is 6.87. The molecule has 20 heavy (non-hydrogen) atoms. The van der Waals surface area contributed by atoms with E-state index >= 15 is 0 Å². The average molecular weight is 294 g/mol. The molecule has 0 rings (SSSR count). The van der Waals surface area contributed by atoms with E-state index in [2.05, 4.69) is 0 Å². The summed E-state index contributed by atoms with van der Waals surface area (Å²) in [6, 6.07) is 0. The second-order valence-electron chi connectivity index (χ2n) is 4.13. The monoisotopic (exact) mass is 294 g/mol. The fraction of sp³-hybridized carbons (Fsp3) is 0.923. The zero-order chi connectivity index (χ0) is 15.1. The van der Waals surface area contributed by atoms with Gasteiger partial charge < -0.3 is 29.2 Å². The second kappa shape index (κ2) is 14.7. The van der Waals surface area contributed by atoms with Gasteiger partial charge in [0, 0.05) is 6.61 Å². The Balaban J connectivity index is 3.01. The van der Waals surface area contributed by atoms with Gasteiger partial charge in [0.25, 0.3) is 0 Å². The smallest absolute Gasteiger partial charge is 0.329 e. The topological polar surface area (TPSA) is 94.5 Å². The standard InChI is InChI=1S/C13H26O7/c1-2-12(14)3-4-17-5-6-18-7-8-19-9-10-20-11-13(15)16/h12,14H,2-11H2,1H3,(H,15,16). The molecule has 0 spiro atoms. The fourth-order valence-corrected chi connectivity index (χ4v) is 1.24. The summed E-state index contributed by atoms with van der Waals surface area (Å²) in [4.78, 5) is 10.1. The Morgan fingerprint density at radius 2 is 1.35 bits per heavy atom. The molecule has 1 unspecified atom stereocenters. The van der Waals surface area contributed by atoms with Gasteiger partial charge in [-0.3, -0.25) is 0 Å². The SMILES string of the molecule is CCC(O)CCOCCOCCOCCOCC(=O)O. The molecule has 0 saturated heterocycles. The fourth-order valence-electron chi connectivity index (χ4n) is 1.24. The minimum atomic E-state index is -0.986. The van der Waals surface area contributed by atoms with Crippen LogP contribution in [-0.2, 0) is 23.7 Å². The summed E-state index contributed by atoms with van der Waals surface area (Å²) in [7, 11) is 0. The number of carboxylic acids is 1. The van der Waals surface area contributed by atoms with Crippen LogP contribution in [-0.4, -0.2) is 75.1 Å². The van der Waals surface area contributed by atoms with Crippen molar-refractivity contribution in [3.05, 3.63) is 0 Å². The van der Waals surface area contributed by atoms with Crippen LogP contribution in [0.4, 0.5) is 0 Å². The number of ether oxygens (including phenoxy) is 4. The number of carboxylic acid groups (broad SMARTS) is 1. The van der Waals surface area contributed by atoms with Crippen molar-refractivity contribution < 1.29 is 34.0 Å². The van der Waals surface area contributed by atoms with Crippen molar-refractivity contribution in [2.24, 2.45) is 0 Å². The van der Waals surface area contributed by atoms with Crippen LogP contribution in [0.1, 0.15) is 19.8 Å². The molecule has 0 aromatic carbocycles. The molecule has 7 heteroatoms. The minimum absolute atomic E-state index is 0.259. The van der Waals surface area contributed by atoms with Crippen LogP contribution in [0.3, 0.4) is 0 Å². The highest BCUT2D eigenvalue weighted by Crippen LogP contribution is 1.96. The van der Waals surface area contributed by atoms with Gasteiger partial charge in [0.2, 0.25) is 0 Å². The summed E-state index contributed by atoms with van der Waals surface area (Å²) in [6.45, 7) is 4.65. The van der Waals surface area contributed by atoms with Gasteiger partial charge in [0.15, 0.2) is 0 Å². The molecule has 0 amide bonds. The number of hydrogen-bond donors (Lipinski definition) is 2. The first kappa shape index (κ1) is 19.3. The van der Waals surface area contributed by atoms with Crippen molar-refractivity contribution in [1.82, 2.24) is 0 Å². The minimum Gasteiger partial charge on any atom is -0.480 e. The summed E-state index contributed by atoms with van der Waals surface area (Å²) in [5, 5.41) is 17.6. The molecule has 0 aromatic heterocycles. The molecule has 0 aliphatic carbocycles. The van der Waals surface area contributed by atoms with E-state index in [4.69, 9.17) is 24.1 Å². The van der Waals surface area contributed by atoms with Crippen LogP contribution in [0.15, 0.2) is 0 Å². The zero-order valence-electron chi connectivity index (χ0n) is 12.1. The van der Waals surface area contributed by atoms with Gasteiger partial charge in [0.05, 0.1) is 45.7 Å². The van der Waals surface area contributed by atoms with E-state index in [1.165, 1.54) is 0 Å². The van der Waals surface area contributed by atoms with Crippen molar-refractivity contribution in [2.75, 3.05) is 52.9 Å². The molecule has 0 heterocycles. The lowest BCUT2D eigenvalue weighted by Gasteiger charge is -2.09. The number of rotatable bonds is 15. The number of aliphatic hydroxyl groups excluding tert-OH is 1. The molecule has 1 atom stereocenters. The average Bonchev–Trinajstić information content (AvgIpc) is 2.43. The maximum absolute atomic E-state index is 10.1. The maximum Gasteiger partial charge on any atom is 0.329 e. The Morgan fingerprint density at radius 1 is 0.900 bits per heavy atom. The highest BCUT2D eigenvalue weighted by molar-refractivity contribution is 5.67. The largest absolute Gasteiger partial charge is 0.480 e. The van der Waals surface area contributed by atoms with E-state index in [9.17, 15) is 9.90 Å². The van der Waals surface area contributed by atoms with Gasteiger partial charge in [-0.15, -0.1) is 0 Å². The van der Waals surface area contributed by atoms with Gasteiger partial charge >= 0.3 is 5.97 Å². The first-order valence-electron chi connectivity index (χ1n) is 6.87. The highest BCUT2D eigenvalue weighted by atomic mass is 16.6. The molecular weight excluding hydrogens is 268 g/mol. The molecule has 0 aliphatic heterocycles. The van der Waals surface area contributed by atoms with Gasteiger partial charge in [-0.25, -0.2) is 4.79 Å². The summed E-state index contributed by atoms with van der Waals surface area (Å²) < 4.78 is 20.5. The van der Waals surface area contributed by atoms with E-state index in [0.29, 0.717) is 46.1 Å². The van der Waals surface area contributed by atoms with Crippen molar-refractivity contribution >= 4 is 5.97 Å². The number of aliphatic carboxylic acids is 1. The van der Waals surface area contributed by atoms with Gasteiger partial charge in [0.1, 0.15) is 6.61 Å². The van der Waals surface area contributed by atoms with Crippen LogP contribution < -0.4 is 0 Å². The van der Waals surface area contributed by atoms with Gasteiger partial charge in [-0.1, -0.05) is 6.92 Å². The molecule has 0 bridgehead atoms. The van der Waals surface area contributed by atoms with Crippen LogP contribution in [0.5, 0.6) is 0 Å². The first-order chi connectivity index (χ1) is 9.66. The molecule has 0 fully saturated rings. The number of aliphatic hydroxyl groups is 1. The van der Waals surface area contributed by atoms with E-state index in [-0.39, 0.29) is 19.3 Å². The van der Waals surface area contributed by atoms with Crippen LogP contribution in [0.25, 0.3) is 0 Å². The summed E-state index contributed by atoms with van der Waals surface area (Å²) in [5.41, 5.74) is 0. The van der Waals surface area contributed by atoms with Crippen LogP contribution in [0.2, 0.25) is 0 Å². The predicted molar refractivity (Wildman–Crippen MR) is 71.8 cm³/mol. The summed E-state index contributed by atoms with van der Waals surface area (Å²) >= 11 is 0. The maximum atomic E-state index is 10.1. The highest BCUT2D eigenvalue weighted by Gasteiger charge is 1.99. The van der Waals surface area contributed by atoms with Crippen molar-refractivity contribution in [3.8, 4) is 0 Å². The van der Waals surface area contributed by atoms with Crippen molar-refractivity contribution in [1.29, 1.82) is 0 Å². The quantitative estimate of drug-likeness (QED) is 0.419. The lowest BCUT2D eigenvalue weighted by atomic mass is 10.2. The third kappa shape index (κ3) is 15.3. The molecule has 0 saturated carbocycles. The molecule has 0 aliphatic rings. The van der Waals surface area contributed by atoms with Gasteiger partial charge in [-0.2, -0.15) is 0 Å².